The minimum atomic E-state index is -0.775. The van der Waals surface area contributed by atoms with E-state index in [1.165, 1.54) is 0 Å². The molecule has 6 nitrogen and oxygen atoms in total. The minimum absolute atomic E-state index is 0.0460. The van der Waals surface area contributed by atoms with Crippen LogP contribution >= 0.6 is 0 Å². The number of benzene rings is 2. The minimum Gasteiger partial charge on any atom is -0.489 e. The van der Waals surface area contributed by atoms with E-state index in [-0.39, 0.29) is 12.8 Å². The number of aryl methyl sites for hydroxylation is 1. The largest absolute Gasteiger partial charge is 0.489 e. The maximum Gasteiger partial charge on any atom is 0.243 e. The average Bonchev–Trinajstić information content (AvgIpc) is 2.70. The Kier molecular flexibility index (Phi) is 6.01. The number of carbonyl (C=O) groups excluding carboxylic acids is 1. The van der Waals surface area contributed by atoms with Crippen LogP contribution < -0.4 is 10.2 Å². The van der Waals surface area contributed by atoms with E-state index in [4.69, 9.17) is 9.94 Å². The molecule has 0 saturated heterocycles. The molecule has 3 aromatic rings. The van der Waals surface area contributed by atoms with Crippen molar-refractivity contribution in [3.63, 3.8) is 0 Å². The number of hydroxylamine groups is 1. The molecule has 2 aromatic carbocycles. The van der Waals surface area contributed by atoms with E-state index in [0.717, 1.165) is 22.2 Å². The first kappa shape index (κ1) is 18.8. The van der Waals surface area contributed by atoms with Crippen molar-refractivity contribution in [3.8, 4) is 5.75 Å². The summed E-state index contributed by atoms with van der Waals surface area (Å²) in [5.74, 6) is 0.173. The molecule has 3 rings (SSSR count). The molecule has 0 saturated carbocycles. The quantitative estimate of drug-likeness (QED) is 0.440. The highest BCUT2D eigenvalue weighted by molar-refractivity contribution is 5.82. The molecule has 6 heteroatoms. The number of pyridine rings is 1. The normalized spacial score (nSPS) is 12.0. The van der Waals surface area contributed by atoms with Gasteiger partial charge >= 0.3 is 0 Å². The van der Waals surface area contributed by atoms with E-state index in [1.54, 1.807) is 29.7 Å². The van der Waals surface area contributed by atoms with Gasteiger partial charge in [-0.3, -0.25) is 15.0 Å². The number of fused-ring (bicyclic) bond motifs is 1. The summed E-state index contributed by atoms with van der Waals surface area (Å²) in [6, 6.07) is 17.1. The SMILES string of the molecule is Cc1cc(COc2ccc(C(O)CCC(=O)NO)cc2)c2ccccc2n1. The number of aliphatic hydroxyl groups is 1. The molecule has 140 valence electrons. The van der Waals surface area contributed by atoms with Crippen LogP contribution in [0.3, 0.4) is 0 Å². The number of hydrogen-bond donors (Lipinski definition) is 3. The zero-order valence-corrected chi connectivity index (χ0v) is 15.1. The first-order chi connectivity index (χ1) is 13.1. The summed E-state index contributed by atoms with van der Waals surface area (Å²) in [7, 11) is 0. The Morgan fingerprint density at radius 1 is 1.19 bits per heavy atom. The second kappa shape index (κ2) is 8.62. The smallest absolute Gasteiger partial charge is 0.243 e. The molecule has 3 N–H and O–H groups in total. The number of aromatic nitrogens is 1. The first-order valence-electron chi connectivity index (χ1n) is 8.76. The van der Waals surface area contributed by atoms with Gasteiger partial charge in [0.15, 0.2) is 0 Å². The summed E-state index contributed by atoms with van der Waals surface area (Å²) in [5.41, 5.74) is 5.20. The van der Waals surface area contributed by atoms with Crippen molar-refractivity contribution in [2.75, 3.05) is 0 Å². The fraction of sp³-hybridized carbons (Fsp3) is 0.238. The van der Waals surface area contributed by atoms with Crippen LogP contribution in [0, 0.1) is 6.92 Å². The van der Waals surface area contributed by atoms with Gasteiger partial charge in [0.2, 0.25) is 5.91 Å². The number of para-hydroxylation sites is 1. The Bertz CT molecular complexity index is 925. The third-order valence-corrected chi connectivity index (χ3v) is 4.36. The zero-order chi connectivity index (χ0) is 19.2. The summed E-state index contributed by atoms with van der Waals surface area (Å²) in [6.45, 7) is 2.38. The topological polar surface area (TPSA) is 91.7 Å². The van der Waals surface area contributed by atoms with Crippen LogP contribution in [-0.2, 0) is 11.4 Å². The standard InChI is InChI=1S/C21H22N2O4/c1-14-12-16(18-4-2-3-5-19(18)22-14)13-27-17-8-6-15(7-9-17)20(24)10-11-21(25)23-26/h2-9,12,20,24,26H,10-11,13H2,1H3,(H,23,25). The van der Waals surface area contributed by atoms with Gasteiger partial charge < -0.3 is 9.84 Å². The average molecular weight is 366 g/mol. The number of rotatable bonds is 7. The molecule has 0 bridgehead atoms. The molecule has 1 unspecified atom stereocenters. The highest BCUT2D eigenvalue weighted by atomic mass is 16.5. The molecule has 1 atom stereocenters. The van der Waals surface area contributed by atoms with Gasteiger partial charge in [0.05, 0.1) is 11.6 Å². The van der Waals surface area contributed by atoms with Crippen LogP contribution in [-0.4, -0.2) is 21.2 Å². The van der Waals surface area contributed by atoms with Crippen molar-refractivity contribution < 1.29 is 19.8 Å². The van der Waals surface area contributed by atoms with E-state index < -0.39 is 12.0 Å². The molecule has 0 aliphatic heterocycles. The summed E-state index contributed by atoms with van der Waals surface area (Å²) in [5, 5.41) is 19.7. The summed E-state index contributed by atoms with van der Waals surface area (Å²) < 4.78 is 5.90. The molecule has 0 fully saturated rings. The number of nitrogens with zero attached hydrogens (tertiary/aromatic N) is 1. The van der Waals surface area contributed by atoms with Crippen LogP contribution in [0.25, 0.3) is 10.9 Å². The van der Waals surface area contributed by atoms with Crippen molar-refractivity contribution in [2.45, 2.75) is 32.5 Å². The van der Waals surface area contributed by atoms with E-state index in [2.05, 4.69) is 4.98 Å². The highest BCUT2D eigenvalue weighted by Gasteiger charge is 2.11. The predicted octanol–water partition coefficient (Wildman–Crippen LogP) is 3.44. The van der Waals surface area contributed by atoms with E-state index >= 15 is 0 Å². The van der Waals surface area contributed by atoms with Crippen LogP contribution in [0.5, 0.6) is 5.75 Å². The predicted molar refractivity (Wildman–Crippen MR) is 101 cm³/mol. The molecule has 1 aromatic heterocycles. The van der Waals surface area contributed by atoms with E-state index in [9.17, 15) is 9.90 Å². The van der Waals surface area contributed by atoms with Gasteiger partial charge in [-0.05, 0) is 43.2 Å². The Labute approximate surface area is 157 Å². The summed E-state index contributed by atoms with van der Waals surface area (Å²) in [4.78, 5) is 15.6. The molecule has 1 amide bonds. The maximum absolute atomic E-state index is 11.0. The lowest BCUT2D eigenvalue weighted by Crippen LogP contribution is -2.18. The Morgan fingerprint density at radius 3 is 2.67 bits per heavy atom. The second-order valence-corrected chi connectivity index (χ2v) is 6.39. The molecular formula is C21H22N2O4. The molecule has 0 radical (unpaired) electrons. The Morgan fingerprint density at radius 2 is 1.93 bits per heavy atom. The lowest BCUT2D eigenvalue weighted by atomic mass is 10.0. The van der Waals surface area contributed by atoms with Gasteiger partial charge in [0.25, 0.3) is 0 Å². The molecule has 0 aliphatic rings. The van der Waals surface area contributed by atoms with Gasteiger partial charge in [0.1, 0.15) is 12.4 Å². The number of ether oxygens (including phenoxy) is 1. The van der Waals surface area contributed by atoms with Gasteiger partial charge in [-0.1, -0.05) is 30.3 Å². The Hall–Kier alpha value is -2.96. The number of nitrogens with one attached hydrogen (secondary N) is 1. The van der Waals surface area contributed by atoms with Crippen molar-refractivity contribution in [1.29, 1.82) is 0 Å². The van der Waals surface area contributed by atoms with E-state index in [0.29, 0.717) is 17.9 Å². The number of carbonyl (C=O) groups is 1. The van der Waals surface area contributed by atoms with E-state index in [1.807, 2.05) is 37.3 Å². The third kappa shape index (κ3) is 4.81. The van der Waals surface area contributed by atoms with Crippen LogP contribution in [0.4, 0.5) is 0 Å². The summed E-state index contributed by atoms with van der Waals surface area (Å²) in [6.07, 6.45) is -0.498. The van der Waals surface area contributed by atoms with Crippen molar-refractivity contribution >= 4 is 16.8 Å². The van der Waals surface area contributed by atoms with Crippen LogP contribution in [0.15, 0.2) is 54.6 Å². The van der Waals surface area contributed by atoms with Crippen molar-refractivity contribution in [1.82, 2.24) is 10.5 Å². The van der Waals surface area contributed by atoms with Gasteiger partial charge in [-0.25, -0.2) is 5.48 Å². The van der Waals surface area contributed by atoms with Crippen LogP contribution in [0.1, 0.15) is 35.8 Å². The number of amides is 1. The van der Waals surface area contributed by atoms with Crippen molar-refractivity contribution in [2.24, 2.45) is 0 Å². The molecular weight excluding hydrogens is 344 g/mol. The lowest BCUT2D eigenvalue weighted by Gasteiger charge is -2.13. The van der Waals surface area contributed by atoms with Gasteiger partial charge in [-0.15, -0.1) is 0 Å². The maximum atomic E-state index is 11.0. The molecule has 1 heterocycles. The first-order valence-corrected chi connectivity index (χ1v) is 8.76. The summed E-state index contributed by atoms with van der Waals surface area (Å²) >= 11 is 0. The van der Waals surface area contributed by atoms with Crippen molar-refractivity contribution in [3.05, 3.63) is 71.4 Å². The number of hydrogen-bond acceptors (Lipinski definition) is 5. The fourth-order valence-corrected chi connectivity index (χ4v) is 2.95. The fourth-order valence-electron chi connectivity index (χ4n) is 2.95. The second-order valence-electron chi connectivity index (χ2n) is 6.39. The Balaban J connectivity index is 1.65. The highest BCUT2D eigenvalue weighted by Crippen LogP contribution is 2.23. The molecule has 0 spiro atoms. The molecule has 0 aliphatic carbocycles. The molecule has 27 heavy (non-hydrogen) atoms. The van der Waals surface area contributed by atoms with Gasteiger partial charge in [-0.2, -0.15) is 0 Å². The van der Waals surface area contributed by atoms with Gasteiger partial charge in [0, 0.05) is 23.1 Å². The zero-order valence-electron chi connectivity index (χ0n) is 15.1. The lowest BCUT2D eigenvalue weighted by molar-refractivity contribution is -0.129. The van der Waals surface area contributed by atoms with Crippen LogP contribution in [0.2, 0.25) is 0 Å². The monoisotopic (exact) mass is 366 g/mol. The number of aliphatic hydroxyl groups excluding tert-OH is 1. The third-order valence-electron chi connectivity index (χ3n) is 4.36.